The number of nitriles is 1. The minimum Gasteiger partial charge on any atom is -0.379 e. The predicted octanol–water partition coefficient (Wildman–Crippen LogP) is 2.89. The molecule has 0 spiro atoms. The highest BCUT2D eigenvalue weighted by Gasteiger charge is 2.23. The Morgan fingerprint density at radius 2 is 1.88 bits per heavy atom. The number of nitrogens with zero attached hydrogens (tertiary/aromatic N) is 5. The van der Waals surface area contributed by atoms with E-state index in [2.05, 4.69) is 16.1 Å². The molecule has 3 aromatic rings. The van der Waals surface area contributed by atoms with E-state index in [-0.39, 0.29) is 0 Å². The van der Waals surface area contributed by atoms with E-state index in [1.165, 1.54) is 0 Å². The van der Waals surface area contributed by atoms with Crippen LogP contribution in [-0.4, -0.2) is 41.3 Å². The summed E-state index contributed by atoms with van der Waals surface area (Å²) in [7, 11) is 0. The quantitative estimate of drug-likeness (QED) is 0.735. The van der Waals surface area contributed by atoms with E-state index in [1.54, 1.807) is 18.3 Å². The molecule has 25 heavy (non-hydrogen) atoms. The Morgan fingerprint density at radius 1 is 1.08 bits per heavy atom. The van der Waals surface area contributed by atoms with Crippen LogP contribution in [0.2, 0.25) is 0 Å². The molecule has 0 bridgehead atoms. The maximum absolute atomic E-state index is 9.04. The van der Waals surface area contributed by atoms with E-state index in [0.29, 0.717) is 24.7 Å². The molecule has 1 fully saturated rings. The van der Waals surface area contributed by atoms with Crippen LogP contribution in [0.1, 0.15) is 5.56 Å². The Labute approximate surface area is 145 Å². The van der Waals surface area contributed by atoms with Crippen LogP contribution in [0.25, 0.3) is 10.9 Å². The average molecular weight is 331 g/mol. The molecular weight excluding hydrogens is 314 g/mol. The van der Waals surface area contributed by atoms with E-state index in [9.17, 15) is 0 Å². The number of hydrogen-bond donors (Lipinski definition) is 0. The second kappa shape index (κ2) is 6.85. The molecule has 0 saturated carbocycles. The molecule has 4 rings (SSSR count). The van der Waals surface area contributed by atoms with Gasteiger partial charge in [-0.3, -0.25) is 0 Å². The van der Waals surface area contributed by atoms with Crippen LogP contribution in [0.4, 0.5) is 11.6 Å². The van der Waals surface area contributed by atoms with Crippen LogP contribution < -0.4 is 5.01 Å². The molecule has 6 nitrogen and oxygen atoms in total. The highest BCUT2D eigenvalue weighted by molar-refractivity contribution is 5.80. The van der Waals surface area contributed by atoms with Gasteiger partial charge in [-0.1, -0.05) is 18.2 Å². The first kappa shape index (κ1) is 15.5. The first-order chi connectivity index (χ1) is 12.3. The van der Waals surface area contributed by atoms with Crippen LogP contribution in [0.15, 0.2) is 54.7 Å². The number of aromatic nitrogens is 2. The molecule has 6 heteroatoms. The largest absolute Gasteiger partial charge is 0.379 e. The fraction of sp³-hybridized carbons (Fsp3) is 0.211. The van der Waals surface area contributed by atoms with Crippen LogP contribution in [0.5, 0.6) is 0 Å². The molecule has 0 aliphatic carbocycles. The summed E-state index contributed by atoms with van der Waals surface area (Å²) in [5, 5.41) is 14.1. The summed E-state index contributed by atoms with van der Waals surface area (Å²) in [5.41, 5.74) is 2.44. The van der Waals surface area contributed by atoms with Crippen molar-refractivity contribution in [2.24, 2.45) is 0 Å². The third-order valence-corrected chi connectivity index (χ3v) is 4.16. The van der Waals surface area contributed by atoms with Crippen molar-refractivity contribution in [2.45, 2.75) is 0 Å². The minimum atomic E-state index is 0.608. The minimum absolute atomic E-state index is 0.608. The van der Waals surface area contributed by atoms with Crippen molar-refractivity contribution >= 4 is 22.5 Å². The lowest BCUT2D eigenvalue weighted by atomic mass is 10.2. The highest BCUT2D eigenvalue weighted by Crippen LogP contribution is 2.26. The van der Waals surface area contributed by atoms with Gasteiger partial charge >= 0.3 is 0 Å². The number of hydrogen-bond acceptors (Lipinski definition) is 6. The molecule has 0 unspecified atom stereocenters. The van der Waals surface area contributed by atoms with Crippen LogP contribution in [0, 0.1) is 11.3 Å². The van der Waals surface area contributed by atoms with Gasteiger partial charge in [-0.2, -0.15) is 5.26 Å². The number of benzene rings is 2. The summed E-state index contributed by atoms with van der Waals surface area (Å²) >= 11 is 0. The number of fused-ring (bicyclic) bond motifs is 1. The molecule has 0 amide bonds. The van der Waals surface area contributed by atoms with Gasteiger partial charge in [0, 0.05) is 24.7 Å². The molecule has 1 aliphatic rings. The predicted molar refractivity (Wildman–Crippen MR) is 95.2 cm³/mol. The Morgan fingerprint density at radius 3 is 2.64 bits per heavy atom. The average Bonchev–Trinajstić information content (AvgIpc) is 2.69. The molecule has 1 aromatic heterocycles. The van der Waals surface area contributed by atoms with E-state index < -0.39 is 0 Å². The first-order valence-electron chi connectivity index (χ1n) is 8.20. The van der Waals surface area contributed by atoms with Gasteiger partial charge in [0.15, 0.2) is 0 Å². The van der Waals surface area contributed by atoms with Crippen molar-refractivity contribution < 1.29 is 4.74 Å². The Bertz CT molecular complexity index is 916. The first-order valence-corrected chi connectivity index (χ1v) is 8.20. The molecule has 2 heterocycles. The summed E-state index contributed by atoms with van der Waals surface area (Å²) in [5.74, 6) is 0.616. The van der Waals surface area contributed by atoms with Gasteiger partial charge in [0.1, 0.15) is 0 Å². The molecule has 0 N–H and O–H groups in total. The lowest BCUT2D eigenvalue weighted by Crippen LogP contribution is -2.47. The van der Waals surface area contributed by atoms with Gasteiger partial charge in [0.25, 0.3) is 0 Å². The normalized spacial score (nSPS) is 15.0. The van der Waals surface area contributed by atoms with Crippen LogP contribution >= 0.6 is 0 Å². The molecule has 1 aliphatic heterocycles. The SMILES string of the molecule is N#Cc1ccc2nc(N(c3ccccc3)N3CCOCC3)ncc2c1. The van der Waals surface area contributed by atoms with Crippen molar-refractivity contribution in [1.29, 1.82) is 5.26 Å². The van der Waals surface area contributed by atoms with E-state index in [0.717, 1.165) is 29.7 Å². The fourth-order valence-corrected chi connectivity index (χ4v) is 2.92. The van der Waals surface area contributed by atoms with Gasteiger partial charge in [0.05, 0.1) is 36.1 Å². The smallest absolute Gasteiger partial charge is 0.245 e. The van der Waals surface area contributed by atoms with E-state index in [1.807, 2.05) is 41.4 Å². The molecule has 1 saturated heterocycles. The summed E-state index contributed by atoms with van der Waals surface area (Å²) in [4.78, 5) is 9.28. The molecular formula is C19H17N5O. The Hall–Kier alpha value is -3.01. The zero-order valence-electron chi connectivity index (χ0n) is 13.7. The molecule has 0 radical (unpaired) electrons. The number of hydrazine groups is 1. The van der Waals surface area contributed by atoms with Gasteiger partial charge < -0.3 is 4.74 Å². The number of morpholine rings is 1. The number of ether oxygens (including phenoxy) is 1. The van der Waals surface area contributed by atoms with Crippen molar-refractivity contribution in [3.63, 3.8) is 0 Å². The van der Waals surface area contributed by atoms with Crippen LogP contribution in [-0.2, 0) is 4.74 Å². The third kappa shape index (κ3) is 3.15. The standard InChI is InChI=1S/C19H17N5O/c20-13-15-6-7-18-16(12-15)14-21-19(22-18)24(17-4-2-1-3-5-17)23-8-10-25-11-9-23/h1-7,12,14H,8-11H2. The molecule has 2 aromatic carbocycles. The topological polar surface area (TPSA) is 65.3 Å². The van der Waals surface area contributed by atoms with Gasteiger partial charge in [-0.05, 0) is 30.3 Å². The zero-order chi connectivity index (χ0) is 17.1. The van der Waals surface area contributed by atoms with E-state index in [4.69, 9.17) is 15.0 Å². The van der Waals surface area contributed by atoms with E-state index >= 15 is 0 Å². The Kier molecular flexibility index (Phi) is 4.25. The molecule has 0 atom stereocenters. The lowest BCUT2D eigenvalue weighted by molar-refractivity contribution is 0.0372. The van der Waals surface area contributed by atoms with Crippen molar-refractivity contribution in [1.82, 2.24) is 15.0 Å². The maximum atomic E-state index is 9.04. The van der Waals surface area contributed by atoms with Crippen molar-refractivity contribution in [3.8, 4) is 6.07 Å². The fourth-order valence-electron chi connectivity index (χ4n) is 2.92. The third-order valence-electron chi connectivity index (χ3n) is 4.16. The number of para-hydroxylation sites is 1. The second-order valence-electron chi connectivity index (χ2n) is 5.77. The van der Waals surface area contributed by atoms with Crippen molar-refractivity contribution in [3.05, 3.63) is 60.3 Å². The van der Waals surface area contributed by atoms with Gasteiger partial charge in [-0.15, -0.1) is 0 Å². The Balaban J connectivity index is 1.78. The van der Waals surface area contributed by atoms with Gasteiger partial charge in [0.2, 0.25) is 5.95 Å². The zero-order valence-corrected chi connectivity index (χ0v) is 13.7. The second-order valence-corrected chi connectivity index (χ2v) is 5.77. The molecule has 124 valence electrons. The van der Waals surface area contributed by atoms with Crippen LogP contribution in [0.3, 0.4) is 0 Å². The maximum Gasteiger partial charge on any atom is 0.245 e. The number of anilines is 2. The summed E-state index contributed by atoms with van der Waals surface area (Å²) < 4.78 is 5.48. The summed E-state index contributed by atoms with van der Waals surface area (Å²) in [6.07, 6.45) is 1.77. The summed E-state index contributed by atoms with van der Waals surface area (Å²) in [6.45, 7) is 2.93. The monoisotopic (exact) mass is 331 g/mol. The highest BCUT2D eigenvalue weighted by atomic mass is 16.5. The van der Waals surface area contributed by atoms with Crippen molar-refractivity contribution in [2.75, 3.05) is 31.3 Å². The summed E-state index contributed by atoms with van der Waals surface area (Å²) in [6, 6.07) is 17.7. The number of rotatable bonds is 3. The lowest BCUT2D eigenvalue weighted by Gasteiger charge is -2.37. The van der Waals surface area contributed by atoms with Gasteiger partial charge in [-0.25, -0.2) is 20.0 Å².